The second-order valence-corrected chi connectivity index (χ2v) is 28.4. The van der Waals surface area contributed by atoms with Gasteiger partial charge in [0.15, 0.2) is 5.82 Å². The summed E-state index contributed by atoms with van der Waals surface area (Å²) < 4.78 is 5.41. The first-order valence-corrected chi connectivity index (χ1v) is 27.5. The number of aromatic nitrogens is 4. The third-order valence-corrected chi connectivity index (χ3v) is 16.7. The zero-order valence-electron chi connectivity index (χ0n) is 48.0. The van der Waals surface area contributed by atoms with Crippen LogP contribution >= 0.6 is 0 Å². The molecule has 12 rings (SSSR count). The molecule has 5 heterocycles. The van der Waals surface area contributed by atoms with E-state index < -0.39 is 0 Å². The van der Waals surface area contributed by atoms with Crippen LogP contribution in [0.3, 0.4) is 0 Å². The Bertz CT molecular complexity index is 3770. The van der Waals surface area contributed by atoms with Crippen LogP contribution in [0.5, 0.6) is 0 Å². The van der Waals surface area contributed by atoms with Gasteiger partial charge in [-0.05, 0) is 113 Å². The van der Waals surface area contributed by atoms with E-state index in [0.717, 1.165) is 28.1 Å². The Morgan fingerprint density at radius 2 is 0.720 bits per heavy atom. The lowest BCUT2D eigenvalue weighted by molar-refractivity contribution is 0.572. The minimum absolute atomic E-state index is 0.0393. The molecular weight excluding hydrogens is 908 g/mol. The lowest BCUT2D eigenvalue weighted by Gasteiger charge is -2.35. The minimum atomic E-state index is -0.137. The normalized spacial score (nSPS) is 14.0. The van der Waals surface area contributed by atoms with Crippen molar-refractivity contribution in [3.63, 3.8) is 0 Å². The monoisotopic (exact) mass is 983 g/mol. The van der Waals surface area contributed by atoms with Crippen molar-refractivity contribution in [2.75, 3.05) is 0 Å². The van der Waals surface area contributed by atoms with Crippen molar-refractivity contribution in [2.45, 2.75) is 157 Å². The SMILES string of the molecule is CC(C)(C)c1cc(C(C)(C)C)c2c3c(C(C)(C)C)ccc4c3n(c2c1)-c1cc(-c2nc(-c3ccccc3)cc(-c3ccccc3)n2)cc2c1B4c1ccc(C(C)(C)C)c3c4c(C(C)(C)C)cc(C(C)(C)C)cc4n-2c13. The van der Waals surface area contributed by atoms with Crippen LogP contribution in [0, 0.1) is 0 Å². The Labute approximate surface area is 446 Å². The highest BCUT2D eigenvalue weighted by atomic mass is 15.0. The molecule has 0 unspecified atom stereocenters. The molecule has 2 aliphatic heterocycles. The molecule has 378 valence electrons. The maximum Gasteiger partial charge on any atom is 0.252 e. The quantitative estimate of drug-likeness (QED) is 0.165. The molecule has 0 amide bonds. The van der Waals surface area contributed by atoms with Crippen LogP contribution in [0.25, 0.3) is 88.9 Å². The topological polar surface area (TPSA) is 35.6 Å². The minimum Gasteiger partial charge on any atom is -0.310 e. The zero-order chi connectivity index (χ0) is 53.4. The van der Waals surface area contributed by atoms with Crippen LogP contribution in [0.1, 0.15) is 158 Å². The molecular formula is C70H75BN4. The van der Waals surface area contributed by atoms with Gasteiger partial charge < -0.3 is 9.13 Å². The van der Waals surface area contributed by atoms with Gasteiger partial charge in [-0.1, -0.05) is 222 Å². The van der Waals surface area contributed by atoms with Gasteiger partial charge in [-0.3, -0.25) is 0 Å². The summed E-state index contributed by atoms with van der Waals surface area (Å²) >= 11 is 0. The van der Waals surface area contributed by atoms with Gasteiger partial charge in [-0.25, -0.2) is 9.97 Å². The maximum absolute atomic E-state index is 5.60. The molecule has 0 aliphatic carbocycles. The van der Waals surface area contributed by atoms with Crippen LogP contribution in [0.4, 0.5) is 0 Å². The average molecular weight is 983 g/mol. The number of nitrogens with zero attached hydrogens (tertiary/aromatic N) is 4. The van der Waals surface area contributed by atoms with Crippen molar-refractivity contribution in [2.24, 2.45) is 0 Å². The largest absolute Gasteiger partial charge is 0.310 e. The Morgan fingerprint density at radius 1 is 0.347 bits per heavy atom. The second kappa shape index (κ2) is 15.9. The molecule has 5 heteroatoms. The molecule has 75 heavy (non-hydrogen) atoms. The van der Waals surface area contributed by atoms with Gasteiger partial charge in [0.25, 0.3) is 6.71 Å². The van der Waals surface area contributed by atoms with Gasteiger partial charge in [0.1, 0.15) is 0 Å². The fraction of sp³-hybridized carbons (Fsp3) is 0.343. The van der Waals surface area contributed by atoms with Gasteiger partial charge in [0.05, 0.1) is 22.4 Å². The van der Waals surface area contributed by atoms with Crippen LogP contribution in [-0.4, -0.2) is 25.8 Å². The lowest BCUT2D eigenvalue weighted by Crippen LogP contribution is -2.59. The van der Waals surface area contributed by atoms with Gasteiger partial charge in [0.2, 0.25) is 0 Å². The second-order valence-electron chi connectivity index (χ2n) is 28.4. The molecule has 0 saturated carbocycles. The van der Waals surface area contributed by atoms with E-state index in [-0.39, 0.29) is 39.2 Å². The summed E-state index contributed by atoms with van der Waals surface area (Å²) in [5.74, 6) is 0.714. The molecule has 0 bridgehead atoms. The Balaban J connectivity index is 1.35. The first kappa shape index (κ1) is 49.2. The highest BCUT2D eigenvalue weighted by Gasteiger charge is 2.44. The smallest absolute Gasteiger partial charge is 0.252 e. The van der Waals surface area contributed by atoms with Crippen molar-refractivity contribution in [1.29, 1.82) is 0 Å². The standard InChI is InChI=1S/C70H75BN4/c1-65(2,3)43-35-47(69(13,14)15)57-53(37-43)74-55-33-42(64-72-51(40-25-21-19-22-26-40)39-52(73-64)41-27-23-20-24-28-41)34-56-61(55)71(49-31-29-45(67(7,8)9)59(57)62(49)74)50-32-30-46(68(10,11)12)60-58-48(70(16,17)18)36-44(66(4,5)6)38-54(58)75(56)63(50)60/h19-39H,1-18H3. The summed E-state index contributed by atoms with van der Waals surface area (Å²) in [5, 5.41) is 5.49. The average Bonchev–Trinajstić information content (AvgIpc) is 3.91. The Kier molecular flexibility index (Phi) is 10.4. The summed E-state index contributed by atoms with van der Waals surface area (Å²) in [5.41, 5.74) is 24.1. The van der Waals surface area contributed by atoms with Gasteiger partial charge in [-0.15, -0.1) is 0 Å². The van der Waals surface area contributed by atoms with E-state index in [4.69, 9.17) is 9.97 Å². The molecule has 4 nitrogen and oxygen atoms in total. The molecule has 3 aromatic heterocycles. The van der Waals surface area contributed by atoms with Crippen LogP contribution in [-0.2, 0) is 32.5 Å². The predicted octanol–water partition coefficient (Wildman–Crippen LogP) is 16.6. The van der Waals surface area contributed by atoms with Crippen molar-refractivity contribution < 1.29 is 0 Å². The maximum atomic E-state index is 5.60. The highest BCUT2D eigenvalue weighted by molar-refractivity contribution is 7.00. The molecule has 0 atom stereocenters. The van der Waals surface area contributed by atoms with Gasteiger partial charge in [-0.2, -0.15) is 0 Å². The summed E-state index contributed by atoms with van der Waals surface area (Å²) in [4.78, 5) is 11.2. The third kappa shape index (κ3) is 7.52. The summed E-state index contributed by atoms with van der Waals surface area (Å²) in [7, 11) is 0. The van der Waals surface area contributed by atoms with Crippen molar-refractivity contribution in [3.05, 3.63) is 161 Å². The Morgan fingerprint density at radius 3 is 1.07 bits per heavy atom. The molecule has 0 saturated heterocycles. The Hall–Kier alpha value is -6.72. The lowest BCUT2D eigenvalue weighted by atomic mass is 9.34. The van der Waals surface area contributed by atoms with E-state index >= 15 is 0 Å². The van der Waals surface area contributed by atoms with Crippen LogP contribution < -0.4 is 16.4 Å². The van der Waals surface area contributed by atoms with Crippen molar-refractivity contribution in [1.82, 2.24) is 19.1 Å². The van der Waals surface area contributed by atoms with E-state index in [1.807, 2.05) is 0 Å². The van der Waals surface area contributed by atoms with E-state index in [0.29, 0.717) is 5.82 Å². The number of rotatable bonds is 3. The third-order valence-electron chi connectivity index (χ3n) is 16.7. The number of hydrogen-bond donors (Lipinski definition) is 0. The van der Waals surface area contributed by atoms with Gasteiger partial charge in [0, 0.05) is 60.6 Å². The molecule has 0 spiro atoms. The molecule has 2 aliphatic rings. The van der Waals surface area contributed by atoms with E-state index in [2.05, 4.69) is 261 Å². The molecule has 0 fully saturated rings. The molecule has 10 aromatic rings. The van der Waals surface area contributed by atoms with Crippen LogP contribution in [0.15, 0.2) is 127 Å². The fourth-order valence-corrected chi connectivity index (χ4v) is 12.8. The van der Waals surface area contributed by atoms with E-state index in [9.17, 15) is 0 Å². The first-order valence-electron chi connectivity index (χ1n) is 27.5. The number of hydrogen-bond acceptors (Lipinski definition) is 2. The summed E-state index contributed by atoms with van der Waals surface area (Å²) in [6, 6.07) is 48.6. The van der Waals surface area contributed by atoms with Gasteiger partial charge >= 0.3 is 0 Å². The van der Waals surface area contributed by atoms with E-state index in [1.54, 1.807) is 0 Å². The highest BCUT2D eigenvalue weighted by Crippen LogP contribution is 2.50. The number of fused-ring (bicyclic) bond motifs is 10. The fourth-order valence-electron chi connectivity index (χ4n) is 12.8. The number of benzene rings is 7. The molecule has 7 aromatic carbocycles. The summed E-state index contributed by atoms with van der Waals surface area (Å²) in [6.45, 7) is 43.0. The summed E-state index contributed by atoms with van der Waals surface area (Å²) in [6.07, 6.45) is 0. The van der Waals surface area contributed by atoms with Crippen LogP contribution in [0.2, 0.25) is 0 Å². The zero-order valence-corrected chi connectivity index (χ0v) is 48.0. The van der Waals surface area contributed by atoms with Crippen molar-refractivity contribution >= 4 is 66.7 Å². The molecule has 0 N–H and O–H groups in total. The van der Waals surface area contributed by atoms with Crippen molar-refractivity contribution in [3.8, 4) is 45.3 Å². The predicted molar refractivity (Wildman–Crippen MR) is 324 cm³/mol. The first-order chi connectivity index (χ1) is 35.0. The van der Waals surface area contributed by atoms with E-state index in [1.165, 1.54) is 105 Å². The molecule has 0 radical (unpaired) electrons.